The molecule has 1 aromatic carbocycles. The molecule has 0 unspecified atom stereocenters. The molecule has 1 heterocycles. The first-order valence-electron chi connectivity index (χ1n) is 7.94. The van der Waals surface area contributed by atoms with Gasteiger partial charge >= 0.3 is 6.61 Å². The quantitative estimate of drug-likeness (QED) is 0.806. The summed E-state index contributed by atoms with van der Waals surface area (Å²) in [5.74, 6) is 1.03. The summed E-state index contributed by atoms with van der Waals surface area (Å²) >= 11 is 0. The zero-order valence-electron chi connectivity index (χ0n) is 14.2. The average molecular weight is 388 g/mol. The number of alkyl halides is 2. The molecule has 142 valence electrons. The third-order valence-electron chi connectivity index (χ3n) is 4.20. The minimum absolute atomic E-state index is 0. The van der Waals surface area contributed by atoms with E-state index < -0.39 is 12.2 Å². The number of rotatable bonds is 6. The average Bonchev–Trinajstić information content (AvgIpc) is 3.23. The Hall–Kier alpha value is -2.19. The highest BCUT2D eigenvalue weighted by Crippen LogP contribution is 2.34. The molecule has 2 aromatic rings. The van der Waals surface area contributed by atoms with E-state index in [1.807, 2.05) is 0 Å². The van der Waals surface area contributed by atoms with Crippen molar-refractivity contribution in [2.45, 2.75) is 37.8 Å². The van der Waals surface area contributed by atoms with Gasteiger partial charge in [0, 0.05) is 6.08 Å². The highest BCUT2D eigenvalue weighted by atomic mass is 35.5. The van der Waals surface area contributed by atoms with Crippen LogP contribution in [0.2, 0.25) is 0 Å². The predicted molar refractivity (Wildman–Crippen MR) is 94.4 cm³/mol. The number of aromatic nitrogens is 2. The van der Waals surface area contributed by atoms with E-state index >= 15 is 0 Å². The summed E-state index contributed by atoms with van der Waals surface area (Å²) in [4.78, 5) is 4.33. The molecule has 0 amide bonds. The molecule has 0 aliphatic heterocycles. The van der Waals surface area contributed by atoms with Crippen LogP contribution < -0.4 is 15.2 Å². The summed E-state index contributed by atoms with van der Waals surface area (Å²) in [6.07, 6.45) is 7.16. The van der Waals surface area contributed by atoms with Crippen LogP contribution in [0.25, 0.3) is 12.2 Å². The van der Waals surface area contributed by atoms with E-state index in [9.17, 15) is 8.78 Å². The van der Waals surface area contributed by atoms with Crippen molar-refractivity contribution in [2.75, 3.05) is 7.11 Å². The Balaban J connectivity index is 0.00000243. The van der Waals surface area contributed by atoms with Crippen molar-refractivity contribution >= 4 is 24.6 Å². The Morgan fingerprint density at radius 1 is 1.23 bits per heavy atom. The van der Waals surface area contributed by atoms with Gasteiger partial charge in [-0.2, -0.15) is 13.8 Å². The van der Waals surface area contributed by atoms with E-state index in [2.05, 4.69) is 14.9 Å². The molecule has 1 saturated carbocycles. The summed E-state index contributed by atoms with van der Waals surface area (Å²) in [5.41, 5.74) is 6.50. The second kappa shape index (κ2) is 8.46. The fraction of sp³-hybridized carbons (Fsp3) is 0.412. The van der Waals surface area contributed by atoms with Crippen LogP contribution in [0, 0.1) is 0 Å². The Bertz CT molecular complexity index is 761. The zero-order chi connectivity index (χ0) is 17.9. The largest absolute Gasteiger partial charge is 0.493 e. The first kappa shape index (κ1) is 20.1. The van der Waals surface area contributed by atoms with Crippen LogP contribution in [0.15, 0.2) is 22.7 Å². The normalized spacial score (nSPS) is 16.0. The Labute approximate surface area is 155 Å². The van der Waals surface area contributed by atoms with E-state index in [-0.39, 0.29) is 23.9 Å². The number of halogens is 3. The molecule has 2 N–H and O–H groups in total. The monoisotopic (exact) mass is 387 g/mol. The van der Waals surface area contributed by atoms with Gasteiger partial charge in [0.2, 0.25) is 0 Å². The van der Waals surface area contributed by atoms with Gasteiger partial charge in [-0.25, -0.2) is 0 Å². The molecule has 1 aromatic heterocycles. The number of hydrogen-bond acceptors (Lipinski definition) is 6. The van der Waals surface area contributed by atoms with Crippen LogP contribution in [-0.4, -0.2) is 23.9 Å². The van der Waals surface area contributed by atoms with Gasteiger partial charge < -0.3 is 19.7 Å². The van der Waals surface area contributed by atoms with Crippen molar-refractivity contribution in [1.29, 1.82) is 0 Å². The first-order chi connectivity index (χ1) is 12.0. The van der Waals surface area contributed by atoms with Crippen LogP contribution in [-0.2, 0) is 5.54 Å². The van der Waals surface area contributed by atoms with E-state index in [0.717, 1.165) is 25.7 Å². The number of nitrogens with two attached hydrogens (primary N) is 1. The van der Waals surface area contributed by atoms with Crippen LogP contribution >= 0.6 is 12.4 Å². The molecule has 0 atom stereocenters. The molecule has 0 saturated heterocycles. The van der Waals surface area contributed by atoms with Gasteiger partial charge in [0.1, 0.15) is 0 Å². The first-order valence-corrected chi connectivity index (χ1v) is 7.94. The molecule has 0 bridgehead atoms. The third kappa shape index (κ3) is 4.50. The summed E-state index contributed by atoms with van der Waals surface area (Å²) < 4.78 is 39.3. The molecule has 3 rings (SSSR count). The topological polar surface area (TPSA) is 83.4 Å². The van der Waals surface area contributed by atoms with Crippen molar-refractivity contribution in [3.05, 3.63) is 35.5 Å². The molecule has 6 nitrogen and oxygen atoms in total. The lowest BCUT2D eigenvalue weighted by Crippen LogP contribution is -2.34. The van der Waals surface area contributed by atoms with Gasteiger partial charge in [0.15, 0.2) is 17.3 Å². The maximum Gasteiger partial charge on any atom is 0.387 e. The molecule has 1 aliphatic rings. The van der Waals surface area contributed by atoms with Gasteiger partial charge in [-0.1, -0.05) is 24.1 Å². The Morgan fingerprint density at radius 2 is 1.96 bits per heavy atom. The van der Waals surface area contributed by atoms with Crippen molar-refractivity contribution in [1.82, 2.24) is 10.1 Å². The second-order valence-electron chi connectivity index (χ2n) is 5.94. The minimum atomic E-state index is -2.91. The SMILES string of the molecule is COc1cc(/C=C/c2nc(C3(N)CCCC3)no2)ccc1OC(F)F.Cl. The number of hydrogen-bond donors (Lipinski definition) is 1. The zero-order valence-corrected chi connectivity index (χ0v) is 15.0. The van der Waals surface area contributed by atoms with Crippen LogP contribution in [0.5, 0.6) is 11.5 Å². The number of ether oxygens (including phenoxy) is 2. The summed E-state index contributed by atoms with van der Waals surface area (Å²) in [5, 5.41) is 3.97. The standard InChI is InChI=1S/C17H19F2N3O3.ClH/c1-23-13-10-11(4-6-12(13)24-16(18)19)5-7-14-21-15(22-25-14)17(20)8-2-3-9-17;/h4-7,10,16H,2-3,8-9,20H2,1H3;1H/b7-5+;. The smallest absolute Gasteiger partial charge is 0.387 e. The lowest BCUT2D eigenvalue weighted by Gasteiger charge is -2.17. The molecular formula is C17H20ClF2N3O3. The molecule has 1 fully saturated rings. The van der Waals surface area contributed by atoms with E-state index in [0.29, 0.717) is 17.3 Å². The van der Waals surface area contributed by atoms with Crippen LogP contribution in [0.4, 0.5) is 8.78 Å². The van der Waals surface area contributed by atoms with E-state index in [4.69, 9.17) is 15.0 Å². The van der Waals surface area contributed by atoms with Crippen molar-refractivity contribution in [3.63, 3.8) is 0 Å². The maximum atomic E-state index is 12.3. The molecular weight excluding hydrogens is 368 g/mol. The van der Waals surface area contributed by atoms with Crippen molar-refractivity contribution < 1.29 is 22.8 Å². The fourth-order valence-electron chi connectivity index (χ4n) is 2.88. The fourth-order valence-corrected chi connectivity index (χ4v) is 2.88. The van der Waals surface area contributed by atoms with Crippen molar-refractivity contribution in [3.8, 4) is 11.5 Å². The highest BCUT2D eigenvalue weighted by molar-refractivity contribution is 5.85. The van der Waals surface area contributed by atoms with Gasteiger partial charge in [0.05, 0.1) is 12.6 Å². The minimum Gasteiger partial charge on any atom is -0.493 e. The highest BCUT2D eigenvalue weighted by Gasteiger charge is 2.35. The van der Waals surface area contributed by atoms with Crippen LogP contribution in [0.3, 0.4) is 0 Å². The van der Waals surface area contributed by atoms with Crippen LogP contribution in [0.1, 0.15) is 43.0 Å². The molecule has 9 heteroatoms. The van der Waals surface area contributed by atoms with Crippen molar-refractivity contribution in [2.24, 2.45) is 5.73 Å². The molecule has 0 spiro atoms. The molecule has 26 heavy (non-hydrogen) atoms. The summed E-state index contributed by atoms with van der Waals surface area (Å²) in [6, 6.07) is 4.61. The lowest BCUT2D eigenvalue weighted by molar-refractivity contribution is -0.0512. The van der Waals surface area contributed by atoms with Gasteiger partial charge in [-0.3, -0.25) is 0 Å². The Morgan fingerprint density at radius 3 is 2.62 bits per heavy atom. The second-order valence-corrected chi connectivity index (χ2v) is 5.94. The Kier molecular flexibility index (Phi) is 6.55. The number of benzene rings is 1. The predicted octanol–water partition coefficient (Wildman–Crippen LogP) is 4.00. The number of nitrogens with zero attached hydrogens (tertiary/aromatic N) is 2. The van der Waals surface area contributed by atoms with Gasteiger partial charge in [0.25, 0.3) is 5.89 Å². The number of methoxy groups -OCH3 is 1. The van der Waals surface area contributed by atoms with Gasteiger partial charge in [-0.05, 0) is 36.6 Å². The summed E-state index contributed by atoms with van der Waals surface area (Å²) in [7, 11) is 1.38. The molecule has 0 radical (unpaired) electrons. The third-order valence-corrected chi connectivity index (χ3v) is 4.20. The van der Waals surface area contributed by atoms with Gasteiger partial charge in [-0.15, -0.1) is 12.4 Å². The summed E-state index contributed by atoms with van der Waals surface area (Å²) in [6.45, 7) is -2.91. The van der Waals surface area contributed by atoms with E-state index in [1.54, 1.807) is 24.3 Å². The lowest BCUT2D eigenvalue weighted by atomic mass is 9.99. The maximum absolute atomic E-state index is 12.3. The molecule has 1 aliphatic carbocycles. The van der Waals surface area contributed by atoms with E-state index in [1.165, 1.54) is 13.2 Å².